The average Bonchev–Trinajstić information content (AvgIpc) is 2.76. The van der Waals surface area contributed by atoms with Crippen molar-refractivity contribution in [2.45, 2.75) is 5.88 Å². The SMILES string of the molecule is Cn1cc(Nc2nnc(CCl)o2)cn1. The van der Waals surface area contributed by atoms with Crippen LogP contribution in [0.15, 0.2) is 16.8 Å². The van der Waals surface area contributed by atoms with Crippen LogP contribution in [0.1, 0.15) is 5.89 Å². The molecule has 0 atom stereocenters. The zero-order valence-corrected chi connectivity index (χ0v) is 8.19. The predicted octanol–water partition coefficient (Wildman–Crippen LogP) is 1.29. The second-order valence-electron chi connectivity index (χ2n) is 2.66. The van der Waals surface area contributed by atoms with Gasteiger partial charge in [-0.1, -0.05) is 5.10 Å². The molecule has 14 heavy (non-hydrogen) atoms. The highest BCUT2D eigenvalue weighted by molar-refractivity contribution is 6.16. The van der Waals surface area contributed by atoms with E-state index in [4.69, 9.17) is 16.0 Å². The molecule has 2 rings (SSSR count). The van der Waals surface area contributed by atoms with Crippen LogP contribution in [-0.4, -0.2) is 20.0 Å². The van der Waals surface area contributed by atoms with Crippen LogP contribution in [0.2, 0.25) is 0 Å². The summed E-state index contributed by atoms with van der Waals surface area (Å²) in [6, 6.07) is 0.314. The van der Waals surface area contributed by atoms with E-state index in [0.29, 0.717) is 11.9 Å². The Labute approximate surface area is 84.9 Å². The molecule has 74 valence electrons. The lowest BCUT2D eigenvalue weighted by Gasteiger charge is -1.93. The number of nitrogens with zero attached hydrogens (tertiary/aromatic N) is 4. The van der Waals surface area contributed by atoms with E-state index in [1.54, 1.807) is 17.1 Å². The van der Waals surface area contributed by atoms with Gasteiger partial charge in [0.15, 0.2) is 0 Å². The molecule has 0 amide bonds. The van der Waals surface area contributed by atoms with Gasteiger partial charge in [0, 0.05) is 13.2 Å². The van der Waals surface area contributed by atoms with Gasteiger partial charge in [0.1, 0.15) is 5.88 Å². The Hall–Kier alpha value is -1.56. The molecular weight excluding hydrogens is 206 g/mol. The number of anilines is 2. The van der Waals surface area contributed by atoms with Crippen LogP contribution in [0.4, 0.5) is 11.7 Å². The fourth-order valence-electron chi connectivity index (χ4n) is 0.967. The van der Waals surface area contributed by atoms with Crippen molar-refractivity contribution >= 4 is 23.3 Å². The molecule has 7 heteroatoms. The number of halogens is 1. The molecule has 2 aromatic heterocycles. The van der Waals surface area contributed by atoms with Crippen molar-refractivity contribution in [3.8, 4) is 0 Å². The van der Waals surface area contributed by atoms with Crippen LogP contribution < -0.4 is 5.32 Å². The Balaban J connectivity index is 2.10. The molecule has 0 saturated heterocycles. The van der Waals surface area contributed by atoms with Gasteiger partial charge < -0.3 is 9.73 Å². The molecule has 2 aromatic rings. The normalized spacial score (nSPS) is 10.4. The van der Waals surface area contributed by atoms with E-state index >= 15 is 0 Å². The van der Waals surface area contributed by atoms with Crippen LogP contribution in [0.5, 0.6) is 0 Å². The molecule has 0 bridgehead atoms. The van der Waals surface area contributed by atoms with Crippen LogP contribution in [0, 0.1) is 0 Å². The number of aromatic nitrogens is 4. The van der Waals surface area contributed by atoms with Gasteiger partial charge in [-0.2, -0.15) is 5.10 Å². The topological polar surface area (TPSA) is 68.8 Å². The third-order valence-corrected chi connectivity index (χ3v) is 1.77. The van der Waals surface area contributed by atoms with Crippen LogP contribution in [0.25, 0.3) is 0 Å². The summed E-state index contributed by atoms with van der Waals surface area (Å²) < 4.78 is 6.81. The van der Waals surface area contributed by atoms with Gasteiger partial charge in [0.2, 0.25) is 5.89 Å². The van der Waals surface area contributed by atoms with Crippen molar-refractivity contribution in [1.82, 2.24) is 20.0 Å². The minimum atomic E-state index is 0.210. The Morgan fingerprint density at radius 3 is 3.00 bits per heavy atom. The van der Waals surface area contributed by atoms with E-state index in [2.05, 4.69) is 20.6 Å². The zero-order valence-electron chi connectivity index (χ0n) is 7.44. The largest absolute Gasteiger partial charge is 0.407 e. The molecule has 0 fully saturated rings. The van der Waals surface area contributed by atoms with Crippen molar-refractivity contribution in [3.63, 3.8) is 0 Å². The molecule has 0 spiro atoms. The maximum absolute atomic E-state index is 5.51. The van der Waals surface area contributed by atoms with Gasteiger partial charge in [-0.15, -0.1) is 16.7 Å². The molecular formula is C7H8ClN5O. The third-order valence-electron chi connectivity index (χ3n) is 1.54. The summed E-state index contributed by atoms with van der Waals surface area (Å²) in [5, 5.41) is 14.3. The summed E-state index contributed by atoms with van der Waals surface area (Å²) in [4.78, 5) is 0. The molecule has 0 aliphatic rings. The Kier molecular flexibility index (Phi) is 2.36. The van der Waals surface area contributed by atoms with Crippen molar-refractivity contribution in [1.29, 1.82) is 0 Å². The first kappa shape index (κ1) is 9.01. The Morgan fingerprint density at radius 2 is 2.43 bits per heavy atom. The summed E-state index contributed by atoms with van der Waals surface area (Å²) in [6.07, 6.45) is 3.45. The predicted molar refractivity (Wildman–Crippen MR) is 50.3 cm³/mol. The van der Waals surface area contributed by atoms with Crippen LogP contribution in [0.3, 0.4) is 0 Å². The quantitative estimate of drug-likeness (QED) is 0.778. The monoisotopic (exact) mass is 213 g/mol. The van der Waals surface area contributed by atoms with Crippen LogP contribution >= 0.6 is 11.6 Å². The second-order valence-corrected chi connectivity index (χ2v) is 2.93. The van der Waals surface area contributed by atoms with Gasteiger partial charge >= 0.3 is 6.01 Å². The third kappa shape index (κ3) is 1.85. The first-order valence-electron chi connectivity index (χ1n) is 3.92. The summed E-state index contributed by atoms with van der Waals surface area (Å²) in [5.74, 6) is 0.597. The molecule has 0 aliphatic carbocycles. The van der Waals surface area contributed by atoms with Crippen molar-refractivity contribution in [2.75, 3.05) is 5.32 Å². The number of alkyl halides is 1. The van der Waals surface area contributed by atoms with Crippen molar-refractivity contribution < 1.29 is 4.42 Å². The lowest BCUT2D eigenvalue weighted by Crippen LogP contribution is -1.88. The first-order valence-corrected chi connectivity index (χ1v) is 4.45. The lowest BCUT2D eigenvalue weighted by atomic mass is 10.6. The molecule has 0 radical (unpaired) electrons. The maximum Gasteiger partial charge on any atom is 0.320 e. The second kappa shape index (κ2) is 3.67. The number of hydrogen-bond acceptors (Lipinski definition) is 5. The maximum atomic E-state index is 5.51. The number of rotatable bonds is 3. The lowest BCUT2D eigenvalue weighted by molar-refractivity contribution is 0.530. The Bertz CT molecular complexity index is 423. The fraction of sp³-hybridized carbons (Fsp3) is 0.286. The fourth-order valence-corrected chi connectivity index (χ4v) is 1.08. The molecule has 1 N–H and O–H groups in total. The number of aryl methyl sites for hydroxylation is 1. The highest BCUT2D eigenvalue weighted by atomic mass is 35.5. The molecule has 0 aliphatic heterocycles. The molecule has 0 saturated carbocycles. The van der Waals surface area contributed by atoms with E-state index in [9.17, 15) is 0 Å². The van der Waals surface area contributed by atoms with E-state index in [1.807, 2.05) is 7.05 Å². The minimum absolute atomic E-state index is 0.210. The smallest absolute Gasteiger partial charge is 0.320 e. The standard InChI is InChI=1S/C7H8ClN5O/c1-13-4-5(3-9-13)10-7-12-11-6(2-8)14-7/h3-4H,2H2,1H3,(H,10,12). The van der Waals surface area contributed by atoms with Crippen LogP contribution in [-0.2, 0) is 12.9 Å². The highest BCUT2D eigenvalue weighted by Gasteiger charge is 2.05. The van der Waals surface area contributed by atoms with Gasteiger partial charge in [-0.25, -0.2) is 0 Å². The first-order chi connectivity index (χ1) is 6.78. The summed E-state index contributed by atoms with van der Waals surface area (Å²) >= 11 is 5.51. The molecule has 0 aromatic carbocycles. The summed E-state index contributed by atoms with van der Waals surface area (Å²) in [6.45, 7) is 0. The van der Waals surface area contributed by atoms with E-state index < -0.39 is 0 Å². The van der Waals surface area contributed by atoms with Gasteiger partial charge in [0.05, 0.1) is 11.9 Å². The van der Waals surface area contributed by atoms with Crippen molar-refractivity contribution in [3.05, 3.63) is 18.3 Å². The summed E-state index contributed by atoms with van der Waals surface area (Å²) in [7, 11) is 1.82. The number of hydrogen-bond donors (Lipinski definition) is 1. The minimum Gasteiger partial charge on any atom is -0.407 e. The highest BCUT2D eigenvalue weighted by Crippen LogP contribution is 2.14. The van der Waals surface area contributed by atoms with Gasteiger partial charge in [0.25, 0.3) is 0 Å². The van der Waals surface area contributed by atoms with Gasteiger partial charge in [-0.05, 0) is 0 Å². The molecule has 2 heterocycles. The van der Waals surface area contributed by atoms with E-state index in [-0.39, 0.29) is 5.88 Å². The average molecular weight is 214 g/mol. The number of nitrogens with one attached hydrogen (secondary N) is 1. The Morgan fingerprint density at radius 1 is 1.57 bits per heavy atom. The molecule has 6 nitrogen and oxygen atoms in total. The van der Waals surface area contributed by atoms with E-state index in [0.717, 1.165) is 5.69 Å². The van der Waals surface area contributed by atoms with E-state index in [1.165, 1.54) is 0 Å². The van der Waals surface area contributed by atoms with Crippen molar-refractivity contribution in [2.24, 2.45) is 7.05 Å². The summed E-state index contributed by atoms with van der Waals surface area (Å²) in [5.41, 5.74) is 0.789. The van der Waals surface area contributed by atoms with Gasteiger partial charge in [-0.3, -0.25) is 4.68 Å². The zero-order chi connectivity index (χ0) is 9.97. The molecule has 0 unspecified atom stereocenters.